The summed E-state index contributed by atoms with van der Waals surface area (Å²) in [4.78, 5) is 4.40. The second-order valence-corrected chi connectivity index (χ2v) is 5.76. The molecular weight excluding hydrogens is 338 g/mol. The highest BCUT2D eigenvalue weighted by molar-refractivity contribution is 6.30. The summed E-state index contributed by atoms with van der Waals surface area (Å²) in [7, 11) is 1.66. The smallest absolute Gasteiger partial charge is 0.249 e. The monoisotopic (exact) mass is 355 g/mol. The number of halogens is 1. The van der Waals surface area contributed by atoms with E-state index in [0.717, 1.165) is 24.4 Å². The Morgan fingerprint density at radius 3 is 2.52 bits per heavy atom. The van der Waals surface area contributed by atoms with Crippen LogP contribution in [-0.2, 0) is 6.42 Å². The molecule has 1 heterocycles. The van der Waals surface area contributed by atoms with Crippen LogP contribution < -0.4 is 15.4 Å². The van der Waals surface area contributed by atoms with Crippen LogP contribution in [0, 0.1) is 0 Å². The van der Waals surface area contributed by atoms with Crippen molar-refractivity contribution in [2.75, 3.05) is 24.3 Å². The third-order valence-electron chi connectivity index (χ3n) is 3.54. The van der Waals surface area contributed by atoms with Gasteiger partial charge in [0.25, 0.3) is 0 Å². The highest BCUT2D eigenvalue weighted by Gasteiger charge is 2.02. The highest BCUT2D eigenvalue weighted by Crippen LogP contribution is 2.17. The Hall–Kier alpha value is -2.86. The Bertz CT molecular complexity index is 808. The number of rotatable bonds is 7. The molecule has 0 radical (unpaired) electrons. The van der Waals surface area contributed by atoms with E-state index in [1.807, 2.05) is 36.4 Å². The highest BCUT2D eigenvalue weighted by atomic mass is 35.5. The number of hydrogen-bond acceptors (Lipinski definition) is 6. The Kier molecular flexibility index (Phi) is 5.64. The SMILES string of the molecule is COc1ccc(CCNc2cnnc(Nc3ccc(Cl)cc3)n2)cc1. The van der Waals surface area contributed by atoms with E-state index in [4.69, 9.17) is 16.3 Å². The van der Waals surface area contributed by atoms with Crippen LogP contribution in [0.4, 0.5) is 17.5 Å². The first kappa shape index (κ1) is 17.0. The number of methoxy groups -OCH3 is 1. The second-order valence-electron chi connectivity index (χ2n) is 5.32. The van der Waals surface area contributed by atoms with Gasteiger partial charge in [-0.3, -0.25) is 0 Å². The minimum absolute atomic E-state index is 0.428. The molecule has 0 saturated heterocycles. The molecule has 25 heavy (non-hydrogen) atoms. The Morgan fingerprint density at radius 1 is 1.04 bits per heavy atom. The van der Waals surface area contributed by atoms with E-state index in [9.17, 15) is 0 Å². The largest absolute Gasteiger partial charge is 0.497 e. The zero-order chi connectivity index (χ0) is 17.5. The summed E-state index contributed by atoms with van der Waals surface area (Å²) in [6.07, 6.45) is 2.47. The van der Waals surface area contributed by atoms with Gasteiger partial charge in [0.2, 0.25) is 5.95 Å². The van der Waals surface area contributed by atoms with Crippen LogP contribution in [0.3, 0.4) is 0 Å². The fraction of sp³-hybridized carbons (Fsp3) is 0.167. The molecule has 0 bridgehead atoms. The number of nitrogens with one attached hydrogen (secondary N) is 2. The average molecular weight is 356 g/mol. The van der Waals surface area contributed by atoms with E-state index in [-0.39, 0.29) is 0 Å². The van der Waals surface area contributed by atoms with Crippen LogP contribution in [-0.4, -0.2) is 28.8 Å². The molecule has 0 fully saturated rings. The van der Waals surface area contributed by atoms with Crippen molar-refractivity contribution in [3.05, 3.63) is 65.3 Å². The predicted molar refractivity (Wildman–Crippen MR) is 99.7 cm³/mol. The number of hydrogen-bond donors (Lipinski definition) is 2. The van der Waals surface area contributed by atoms with E-state index < -0.39 is 0 Å². The van der Waals surface area contributed by atoms with Gasteiger partial charge < -0.3 is 15.4 Å². The first-order valence-corrected chi connectivity index (χ1v) is 8.20. The van der Waals surface area contributed by atoms with Gasteiger partial charge in [0.15, 0.2) is 5.82 Å². The number of ether oxygens (including phenoxy) is 1. The van der Waals surface area contributed by atoms with E-state index in [0.29, 0.717) is 16.8 Å². The maximum absolute atomic E-state index is 5.88. The molecule has 1 aromatic heterocycles. The van der Waals surface area contributed by atoms with Gasteiger partial charge in [-0.2, -0.15) is 10.1 Å². The van der Waals surface area contributed by atoms with Crippen LogP contribution in [0.1, 0.15) is 5.56 Å². The number of nitrogens with zero attached hydrogens (tertiary/aromatic N) is 3. The molecule has 128 valence electrons. The first-order chi connectivity index (χ1) is 12.2. The summed E-state index contributed by atoms with van der Waals surface area (Å²) >= 11 is 5.88. The molecule has 0 unspecified atom stereocenters. The summed E-state index contributed by atoms with van der Waals surface area (Å²) in [5.41, 5.74) is 2.07. The van der Waals surface area contributed by atoms with Gasteiger partial charge in [-0.15, -0.1) is 5.10 Å². The predicted octanol–water partition coefficient (Wildman–Crippen LogP) is 3.93. The molecule has 0 spiro atoms. The molecular formula is C18H18ClN5O. The molecule has 2 aromatic carbocycles. The van der Waals surface area contributed by atoms with Crippen molar-refractivity contribution in [3.63, 3.8) is 0 Å². The topological polar surface area (TPSA) is 72.0 Å². The summed E-state index contributed by atoms with van der Waals surface area (Å²) in [6.45, 7) is 0.741. The van der Waals surface area contributed by atoms with Gasteiger partial charge in [-0.1, -0.05) is 23.7 Å². The van der Waals surface area contributed by atoms with Gasteiger partial charge in [-0.05, 0) is 48.4 Å². The molecule has 0 aliphatic rings. The molecule has 7 heteroatoms. The lowest BCUT2D eigenvalue weighted by Crippen LogP contribution is -2.08. The Morgan fingerprint density at radius 2 is 1.80 bits per heavy atom. The quantitative estimate of drug-likeness (QED) is 0.669. The lowest BCUT2D eigenvalue weighted by Gasteiger charge is -2.08. The molecule has 0 atom stereocenters. The van der Waals surface area contributed by atoms with Crippen LogP contribution in [0.25, 0.3) is 0 Å². The van der Waals surface area contributed by atoms with Gasteiger partial charge >= 0.3 is 0 Å². The van der Waals surface area contributed by atoms with Crippen molar-refractivity contribution in [2.45, 2.75) is 6.42 Å². The zero-order valence-corrected chi connectivity index (χ0v) is 14.5. The maximum atomic E-state index is 5.88. The zero-order valence-electron chi connectivity index (χ0n) is 13.7. The molecule has 2 N–H and O–H groups in total. The molecule has 0 saturated carbocycles. The third kappa shape index (κ3) is 5.06. The minimum atomic E-state index is 0.428. The van der Waals surface area contributed by atoms with Gasteiger partial charge in [0.1, 0.15) is 5.75 Å². The van der Waals surface area contributed by atoms with Crippen LogP contribution in [0.5, 0.6) is 5.75 Å². The first-order valence-electron chi connectivity index (χ1n) is 7.82. The molecule has 0 aliphatic heterocycles. The number of aromatic nitrogens is 3. The summed E-state index contributed by atoms with van der Waals surface area (Å²) in [5.74, 6) is 1.95. The van der Waals surface area contributed by atoms with Gasteiger partial charge in [0.05, 0.1) is 13.3 Å². The van der Waals surface area contributed by atoms with Crippen molar-refractivity contribution < 1.29 is 4.74 Å². The molecule has 6 nitrogen and oxygen atoms in total. The fourth-order valence-corrected chi connectivity index (χ4v) is 2.36. The van der Waals surface area contributed by atoms with E-state index in [2.05, 4.69) is 25.8 Å². The van der Waals surface area contributed by atoms with Gasteiger partial charge in [0, 0.05) is 17.3 Å². The lowest BCUT2D eigenvalue weighted by molar-refractivity contribution is 0.414. The van der Waals surface area contributed by atoms with E-state index in [1.165, 1.54) is 5.56 Å². The van der Waals surface area contributed by atoms with Crippen molar-refractivity contribution in [2.24, 2.45) is 0 Å². The summed E-state index contributed by atoms with van der Waals surface area (Å²) < 4.78 is 5.16. The third-order valence-corrected chi connectivity index (χ3v) is 3.79. The van der Waals surface area contributed by atoms with Crippen molar-refractivity contribution in [3.8, 4) is 5.75 Å². The van der Waals surface area contributed by atoms with Gasteiger partial charge in [-0.25, -0.2) is 0 Å². The second kappa shape index (κ2) is 8.30. The lowest BCUT2D eigenvalue weighted by atomic mass is 10.1. The van der Waals surface area contributed by atoms with E-state index in [1.54, 1.807) is 25.4 Å². The molecule has 3 rings (SSSR count). The average Bonchev–Trinajstić information content (AvgIpc) is 2.65. The van der Waals surface area contributed by atoms with Crippen LogP contribution >= 0.6 is 11.6 Å². The Balaban J connectivity index is 1.55. The number of benzene rings is 2. The summed E-state index contributed by atoms with van der Waals surface area (Å²) in [6, 6.07) is 15.3. The van der Waals surface area contributed by atoms with Crippen molar-refractivity contribution >= 4 is 29.1 Å². The maximum Gasteiger partial charge on any atom is 0.249 e. The van der Waals surface area contributed by atoms with Crippen LogP contribution in [0.2, 0.25) is 5.02 Å². The number of anilines is 3. The molecule has 3 aromatic rings. The minimum Gasteiger partial charge on any atom is -0.497 e. The fourth-order valence-electron chi connectivity index (χ4n) is 2.23. The Labute approximate surface area is 151 Å². The van der Waals surface area contributed by atoms with Crippen molar-refractivity contribution in [1.29, 1.82) is 0 Å². The standard InChI is InChI=1S/C18H18ClN5O/c1-25-16-8-2-13(3-9-16)10-11-20-17-12-21-24-18(23-17)22-15-6-4-14(19)5-7-15/h2-9,12H,10-11H2,1H3,(H2,20,22,23,24). The van der Waals surface area contributed by atoms with E-state index >= 15 is 0 Å². The molecule has 0 aliphatic carbocycles. The van der Waals surface area contributed by atoms with Crippen molar-refractivity contribution in [1.82, 2.24) is 15.2 Å². The summed E-state index contributed by atoms with van der Waals surface area (Å²) in [5, 5.41) is 15.0. The molecule has 0 amide bonds. The van der Waals surface area contributed by atoms with Crippen LogP contribution in [0.15, 0.2) is 54.7 Å². The normalized spacial score (nSPS) is 10.3.